The SMILES string of the molecule is CC(=NC1CCN(C(=O)OC(C)(C)C)CC1)/C(=N\N)c1cc(OC(C)c2ccc(Cl)nc2)n2c(C#N)cnc2c1. The summed E-state index contributed by atoms with van der Waals surface area (Å²) in [6, 6.07) is 9.24. The number of nitriles is 1. The smallest absolute Gasteiger partial charge is 0.410 e. The average molecular weight is 565 g/mol. The molecule has 0 radical (unpaired) electrons. The first-order valence-corrected chi connectivity index (χ1v) is 13.4. The third-order valence-corrected chi connectivity index (χ3v) is 6.67. The van der Waals surface area contributed by atoms with Crippen molar-refractivity contribution in [3.05, 3.63) is 58.6 Å². The fraction of sp³-hybridized carbons (Fsp3) is 0.429. The highest BCUT2D eigenvalue weighted by Crippen LogP contribution is 2.27. The van der Waals surface area contributed by atoms with Crippen LogP contribution in [0.3, 0.4) is 0 Å². The Balaban J connectivity index is 1.57. The molecule has 3 aromatic heterocycles. The average Bonchev–Trinajstić information content (AvgIpc) is 3.32. The molecular weight excluding hydrogens is 532 g/mol. The number of aliphatic imine (C=N–C) groups is 1. The van der Waals surface area contributed by atoms with E-state index in [1.165, 1.54) is 6.20 Å². The zero-order chi connectivity index (χ0) is 29.0. The summed E-state index contributed by atoms with van der Waals surface area (Å²) in [5.41, 5.74) is 2.88. The van der Waals surface area contributed by atoms with Gasteiger partial charge in [-0.15, -0.1) is 0 Å². The third-order valence-electron chi connectivity index (χ3n) is 6.44. The van der Waals surface area contributed by atoms with Crippen LogP contribution in [0.2, 0.25) is 5.15 Å². The summed E-state index contributed by atoms with van der Waals surface area (Å²) >= 11 is 5.94. The van der Waals surface area contributed by atoms with Crippen molar-refractivity contribution < 1.29 is 14.3 Å². The molecule has 40 heavy (non-hydrogen) atoms. The van der Waals surface area contributed by atoms with Crippen molar-refractivity contribution in [1.29, 1.82) is 5.26 Å². The van der Waals surface area contributed by atoms with Gasteiger partial charge in [-0.05, 0) is 59.6 Å². The maximum absolute atomic E-state index is 12.4. The molecule has 0 saturated carbocycles. The van der Waals surface area contributed by atoms with Gasteiger partial charge in [-0.2, -0.15) is 10.4 Å². The van der Waals surface area contributed by atoms with Gasteiger partial charge in [0.15, 0.2) is 0 Å². The molecule has 1 unspecified atom stereocenters. The number of carbonyl (C=O) groups excluding carboxylic acids is 1. The van der Waals surface area contributed by atoms with Gasteiger partial charge in [0.1, 0.15) is 40.0 Å². The lowest BCUT2D eigenvalue weighted by molar-refractivity contribution is 0.0207. The van der Waals surface area contributed by atoms with Gasteiger partial charge in [-0.25, -0.2) is 14.8 Å². The van der Waals surface area contributed by atoms with E-state index in [0.29, 0.717) is 65.3 Å². The van der Waals surface area contributed by atoms with Gasteiger partial charge in [0, 0.05) is 36.5 Å². The Labute approximate surface area is 238 Å². The Morgan fingerprint density at radius 3 is 2.55 bits per heavy atom. The van der Waals surface area contributed by atoms with Crippen LogP contribution in [0.1, 0.15) is 70.4 Å². The van der Waals surface area contributed by atoms with E-state index in [1.54, 1.807) is 33.7 Å². The first-order chi connectivity index (χ1) is 19.0. The topological polar surface area (TPSA) is 143 Å². The second kappa shape index (κ2) is 11.9. The van der Waals surface area contributed by atoms with Crippen LogP contribution in [0.25, 0.3) is 5.65 Å². The van der Waals surface area contributed by atoms with E-state index in [2.05, 4.69) is 21.1 Å². The molecule has 0 aliphatic carbocycles. The number of hydrogen-bond acceptors (Lipinski definition) is 9. The number of halogens is 1. The van der Waals surface area contributed by atoms with Crippen molar-refractivity contribution in [2.75, 3.05) is 13.1 Å². The Hall–Kier alpha value is -4.17. The van der Waals surface area contributed by atoms with Gasteiger partial charge in [0.25, 0.3) is 0 Å². The number of imidazole rings is 1. The molecule has 1 amide bonds. The van der Waals surface area contributed by atoms with Gasteiger partial charge in [0.05, 0.1) is 18.0 Å². The molecule has 4 rings (SSSR count). The highest BCUT2D eigenvalue weighted by molar-refractivity contribution is 6.47. The van der Waals surface area contributed by atoms with Crippen molar-refractivity contribution in [3.8, 4) is 11.9 Å². The van der Waals surface area contributed by atoms with E-state index < -0.39 is 11.7 Å². The molecule has 0 bridgehead atoms. The van der Waals surface area contributed by atoms with Crippen LogP contribution in [0.15, 0.2) is 46.8 Å². The van der Waals surface area contributed by atoms with Crippen molar-refractivity contribution in [2.45, 2.75) is 65.2 Å². The minimum atomic E-state index is -0.537. The van der Waals surface area contributed by atoms with Crippen molar-refractivity contribution in [1.82, 2.24) is 19.3 Å². The second-order valence-electron chi connectivity index (χ2n) is 10.6. The summed E-state index contributed by atoms with van der Waals surface area (Å²) in [6.45, 7) is 10.4. The number of rotatable bonds is 6. The molecule has 11 nitrogen and oxygen atoms in total. The van der Waals surface area contributed by atoms with Crippen LogP contribution >= 0.6 is 11.6 Å². The monoisotopic (exact) mass is 564 g/mol. The summed E-state index contributed by atoms with van der Waals surface area (Å²) in [5, 5.41) is 14.1. The maximum Gasteiger partial charge on any atom is 0.410 e. The predicted octanol–water partition coefficient (Wildman–Crippen LogP) is 4.92. The molecule has 1 aliphatic rings. The quantitative estimate of drug-likeness (QED) is 0.194. The Bertz CT molecular complexity index is 1480. The maximum atomic E-state index is 12.4. The number of fused-ring (bicyclic) bond motifs is 1. The molecule has 3 aromatic rings. The van der Waals surface area contributed by atoms with Gasteiger partial charge in [-0.3, -0.25) is 9.39 Å². The predicted molar refractivity (Wildman–Crippen MR) is 153 cm³/mol. The van der Waals surface area contributed by atoms with E-state index in [4.69, 9.17) is 31.9 Å². The van der Waals surface area contributed by atoms with Crippen molar-refractivity contribution in [2.24, 2.45) is 15.9 Å². The highest BCUT2D eigenvalue weighted by atomic mass is 35.5. The molecule has 0 aromatic carbocycles. The van der Waals surface area contributed by atoms with Crippen LogP contribution in [0.5, 0.6) is 5.88 Å². The number of pyridine rings is 2. The zero-order valence-corrected chi connectivity index (χ0v) is 24.0. The Morgan fingerprint density at radius 2 is 1.95 bits per heavy atom. The normalized spacial score (nSPS) is 16.1. The van der Waals surface area contributed by atoms with Crippen LogP contribution < -0.4 is 10.6 Å². The lowest BCUT2D eigenvalue weighted by Gasteiger charge is -2.32. The molecule has 1 atom stereocenters. The number of hydrazone groups is 1. The highest BCUT2D eigenvalue weighted by Gasteiger charge is 2.27. The second-order valence-corrected chi connectivity index (χ2v) is 11.0. The number of carbonyl (C=O) groups is 1. The van der Waals surface area contributed by atoms with Gasteiger partial charge >= 0.3 is 6.09 Å². The minimum Gasteiger partial charge on any atom is -0.471 e. The molecule has 1 aliphatic heterocycles. The first-order valence-electron chi connectivity index (χ1n) is 13.0. The van der Waals surface area contributed by atoms with E-state index in [1.807, 2.05) is 40.7 Å². The largest absolute Gasteiger partial charge is 0.471 e. The standard InChI is InChI=1S/C28H33ClN8O3/c1-17(34-21-8-10-36(11-9-21)27(38)40-28(3,4)5)26(35-31)20-12-24-33-16-22(14-30)37(24)25(13-20)39-18(2)19-6-7-23(29)32-15-19/h6-7,12-13,15-16,18,21H,8-11,31H2,1-5H3/b34-17?,35-26+. The fourth-order valence-corrected chi connectivity index (χ4v) is 4.58. The number of piperidine rings is 1. The fourth-order valence-electron chi connectivity index (χ4n) is 4.47. The molecule has 4 heterocycles. The van der Waals surface area contributed by atoms with Crippen LogP contribution in [-0.2, 0) is 4.74 Å². The number of nitrogens with two attached hydrogens (primary N) is 1. The van der Waals surface area contributed by atoms with Crippen LogP contribution in [0, 0.1) is 11.3 Å². The molecule has 1 fully saturated rings. The third kappa shape index (κ3) is 6.69. The Kier molecular flexibility index (Phi) is 8.59. The molecule has 1 saturated heterocycles. The number of nitrogens with zero attached hydrogens (tertiary/aromatic N) is 7. The summed E-state index contributed by atoms with van der Waals surface area (Å²) in [5.74, 6) is 6.25. The van der Waals surface area contributed by atoms with Crippen LogP contribution in [-0.4, -0.2) is 61.5 Å². The Morgan fingerprint density at radius 1 is 1.23 bits per heavy atom. The van der Waals surface area contributed by atoms with E-state index in [-0.39, 0.29) is 12.1 Å². The first kappa shape index (κ1) is 28.8. The number of amides is 1. The number of aromatic nitrogens is 3. The van der Waals surface area contributed by atoms with Gasteiger partial charge in [-0.1, -0.05) is 17.7 Å². The lowest BCUT2D eigenvalue weighted by Crippen LogP contribution is -2.42. The van der Waals surface area contributed by atoms with E-state index in [9.17, 15) is 10.1 Å². The van der Waals surface area contributed by atoms with Crippen LogP contribution in [0.4, 0.5) is 4.79 Å². The molecule has 2 N–H and O–H groups in total. The summed E-state index contributed by atoms with van der Waals surface area (Å²) < 4.78 is 13.4. The number of ether oxygens (including phenoxy) is 2. The molecule has 0 spiro atoms. The summed E-state index contributed by atoms with van der Waals surface area (Å²) in [4.78, 5) is 27.5. The number of likely N-dealkylation sites (tertiary alicyclic amines) is 1. The summed E-state index contributed by atoms with van der Waals surface area (Å²) in [7, 11) is 0. The van der Waals surface area contributed by atoms with Gasteiger partial charge < -0.3 is 20.2 Å². The molecular formula is C28H33ClN8O3. The van der Waals surface area contributed by atoms with E-state index >= 15 is 0 Å². The van der Waals surface area contributed by atoms with Crippen molar-refractivity contribution >= 4 is 34.8 Å². The summed E-state index contributed by atoms with van der Waals surface area (Å²) in [6.07, 6.45) is 3.81. The van der Waals surface area contributed by atoms with Gasteiger partial charge in [0.2, 0.25) is 5.88 Å². The molecule has 12 heteroatoms. The molecule has 210 valence electrons. The van der Waals surface area contributed by atoms with E-state index in [0.717, 1.165) is 5.56 Å². The minimum absolute atomic E-state index is 0.00364. The lowest BCUT2D eigenvalue weighted by atomic mass is 10.0. The van der Waals surface area contributed by atoms with Crippen molar-refractivity contribution in [3.63, 3.8) is 0 Å². The zero-order valence-electron chi connectivity index (χ0n) is 23.3. The number of hydrogen-bond donors (Lipinski definition) is 1.